The molecule has 4 N–H and O–H groups in total. The maximum absolute atomic E-state index is 13.2. The number of carbonyl (C=O) groups is 3. The lowest BCUT2D eigenvalue weighted by Crippen LogP contribution is -2.30. The molecule has 2 aromatic rings. The van der Waals surface area contributed by atoms with Crippen molar-refractivity contribution in [3.63, 3.8) is 0 Å². The van der Waals surface area contributed by atoms with E-state index in [4.69, 9.17) is 26.0 Å². The van der Waals surface area contributed by atoms with E-state index in [1.807, 2.05) is 25.7 Å². The number of hydrogen-bond donors (Lipinski definition) is 3. The third-order valence-electron chi connectivity index (χ3n) is 7.59. The topological polar surface area (TPSA) is 162 Å². The van der Waals surface area contributed by atoms with Gasteiger partial charge in [-0.05, 0) is 56.2 Å². The molecule has 3 aliphatic rings. The highest BCUT2D eigenvalue weighted by Crippen LogP contribution is 2.33. The summed E-state index contributed by atoms with van der Waals surface area (Å²) in [4.78, 5) is 45.4. The Morgan fingerprint density at radius 1 is 1.11 bits per heavy atom. The van der Waals surface area contributed by atoms with E-state index in [1.165, 1.54) is 0 Å². The van der Waals surface area contributed by atoms with Crippen LogP contribution in [0.15, 0.2) is 47.5 Å². The summed E-state index contributed by atoms with van der Waals surface area (Å²) in [5.74, 6) is 0.214. The van der Waals surface area contributed by atoms with Crippen molar-refractivity contribution in [1.29, 1.82) is 10.8 Å². The van der Waals surface area contributed by atoms with Gasteiger partial charge in [-0.1, -0.05) is 31.7 Å². The number of aliphatic imine (C=N–C) groups is 1. The van der Waals surface area contributed by atoms with Crippen molar-refractivity contribution >= 4 is 69.6 Å². The lowest BCUT2D eigenvalue weighted by Gasteiger charge is -2.17. The minimum absolute atomic E-state index is 0. The molecule has 1 saturated carbocycles. The molecule has 11 nitrogen and oxygen atoms in total. The van der Waals surface area contributed by atoms with E-state index in [0.717, 1.165) is 24.6 Å². The molecule has 2 saturated heterocycles. The first-order valence-electron chi connectivity index (χ1n) is 14.4. The van der Waals surface area contributed by atoms with Crippen LogP contribution in [0.5, 0.6) is 11.5 Å². The number of carbonyl (C=O) groups excluding carboxylic acids is 3. The molecule has 2 aromatic carbocycles. The van der Waals surface area contributed by atoms with Gasteiger partial charge in [0.2, 0.25) is 5.91 Å². The molecule has 13 heteroatoms. The maximum atomic E-state index is 13.2. The largest absolute Gasteiger partial charge is 0.457 e. The third kappa shape index (κ3) is 7.97. The second-order valence-corrected chi connectivity index (χ2v) is 12.5. The molecule has 0 spiro atoms. The quantitative estimate of drug-likeness (QED) is 0.171. The van der Waals surface area contributed by atoms with E-state index >= 15 is 0 Å². The van der Waals surface area contributed by atoms with Crippen molar-refractivity contribution in [3.05, 3.63) is 59.2 Å². The molecule has 44 heavy (non-hydrogen) atoms. The van der Waals surface area contributed by atoms with Gasteiger partial charge in [0, 0.05) is 47.5 Å². The lowest BCUT2D eigenvalue weighted by molar-refractivity contribution is -0.128. The van der Waals surface area contributed by atoms with Gasteiger partial charge in [-0.2, -0.15) is 4.99 Å². The van der Waals surface area contributed by atoms with Crippen LogP contribution in [0.4, 0.5) is 4.79 Å². The van der Waals surface area contributed by atoms with Gasteiger partial charge >= 0.3 is 6.09 Å². The van der Waals surface area contributed by atoms with Crippen molar-refractivity contribution in [3.8, 4) is 11.5 Å². The number of rotatable bonds is 9. The van der Waals surface area contributed by atoms with Crippen LogP contribution >= 0.6 is 35.7 Å². The average molecular weight is 733 g/mol. The Hall–Kier alpha value is -3.46. The zero-order chi connectivity index (χ0) is 30.8. The number of hydrogen-bond acceptors (Lipinski definition) is 8. The summed E-state index contributed by atoms with van der Waals surface area (Å²) < 4.78 is 11.5. The monoisotopic (exact) mass is 732 g/mol. The summed E-state index contributed by atoms with van der Waals surface area (Å²) in [5.41, 5.74) is 7.77. The van der Waals surface area contributed by atoms with Crippen LogP contribution in [-0.2, 0) is 16.1 Å². The predicted octanol–water partition coefficient (Wildman–Crippen LogP) is 5.64. The van der Waals surface area contributed by atoms with E-state index in [0.29, 0.717) is 40.8 Å². The molecule has 0 aromatic heterocycles. The SMILES string of the molecule is CC1CN(Cc2ccc(C(=O)N=C(N)[C@H]3CC(=O)N(C4CC4)C3)cc2Oc2ccc(C(=N)SC(=N)C(C)C)cc2)C(=O)O1.I. The van der Waals surface area contributed by atoms with E-state index < -0.39 is 12.0 Å². The molecule has 2 atom stereocenters. The van der Waals surface area contributed by atoms with Crippen molar-refractivity contribution in [2.24, 2.45) is 22.6 Å². The molecular weight excluding hydrogens is 695 g/mol. The lowest BCUT2D eigenvalue weighted by atomic mass is 10.1. The van der Waals surface area contributed by atoms with E-state index in [2.05, 4.69) is 4.99 Å². The second kappa shape index (κ2) is 14.1. The zero-order valence-electron chi connectivity index (χ0n) is 24.9. The van der Waals surface area contributed by atoms with E-state index in [-0.39, 0.29) is 83.3 Å². The first-order chi connectivity index (χ1) is 20.5. The highest BCUT2D eigenvalue weighted by atomic mass is 127. The van der Waals surface area contributed by atoms with E-state index in [1.54, 1.807) is 47.4 Å². The molecule has 2 aliphatic heterocycles. The molecule has 0 radical (unpaired) electrons. The summed E-state index contributed by atoms with van der Waals surface area (Å²) in [6, 6.07) is 12.1. The molecule has 0 bridgehead atoms. The highest BCUT2D eigenvalue weighted by molar-refractivity contribution is 14.0. The molecule has 2 heterocycles. The number of amidine groups is 1. The average Bonchev–Trinajstić information content (AvgIpc) is 3.65. The van der Waals surface area contributed by atoms with Crippen LogP contribution < -0.4 is 10.5 Å². The Kier molecular flexibility index (Phi) is 10.7. The third-order valence-corrected chi connectivity index (χ3v) is 8.72. The van der Waals surface area contributed by atoms with Crippen LogP contribution in [0, 0.1) is 22.7 Å². The number of nitrogens with two attached hydrogens (primary N) is 1. The Morgan fingerprint density at radius 2 is 1.80 bits per heavy atom. The van der Waals surface area contributed by atoms with Gasteiger partial charge in [0.15, 0.2) is 0 Å². The molecule has 3 fully saturated rings. The molecule has 3 amide bonds. The Balaban J connectivity index is 0.00000442. The van der Waals surface area contributed by atoms with Crippen molar-refractivity contribution < 1.29 is 23.9 Å². The van der Waals surface area contributed by atoms with Gasteiger partial charge in [-0.25, -0.2) is 4.79 Å². The van der Waals surface area contributed by atoms with Crippen molar-refractivity contribution in [2.45, 2.75) is 58.7 Å². The Bertz CT molecular complexity index is 1490. The second-order valence-electron chi connectivity index (χ2n) is 11.5. The van der Waals surface area contributed by atoms with Gasteiger partial charge in [-0.3, -0.25) is 20.4 Å². The van der Waals surface area contributed by atoms with Crippen LogP contribution in [-0.4, -0.2) is 68.9 Å². The fourth-order valence-electron chi connectivity index (χ4n) is 4.95. The standard InChI is InChI=1S/C31H36N6O5S.HI/c1-17(2)28(33)43-29(34)19-6-10-24(11-7-19)42-25-12-20(4-5-21(25)15-36-14-18(3)41-31(36)40)30(39)35-27(32)22-13-26(38)37(16-22)23-8-9-23;/h4-7,10-12,17-18,22-23,33-34H,8-9,13-16H2,1-3H3,(H2,32,35,39);1H/t18?,22-;/m0./s1. The van der Waals surface area contributed by atoms with Crippen molar-refractivity contribution in [2.75, 3.05) is 13.1 Å². The molecular formula is C31H37IN6O5S. The molecule has 234 valence electrons. The normalized spacial score (nSPS) is 20.0. The summed E-state index contributed by atoms with van der Waals surface area (Å²) in [5, 5.41) is 17.0. The van der Waals surface area contributed by atoms with Crippen LogP contribution in [0.3, 0.4) is 0 Å². The summed E-state index contributed by atoms with van der Waals surface area (Å²) >= 11 is 1.11. The zero-order valence-corrected chi connectivity index (χ0v) is 28.0. The van der Waals surface area contributed by atoms with Gasteiger partial charge < -0.3 is 25.0 Å². The fraction of sp³-hybridized carbons (Fsp3) is 0.419. The number of benzene rings is 2. The van der Waals surface area contributed by atoms with Crippen molar-refractivity contribution in [1.82, 2.24) is 9.80 Å². The van der Waals surface area contributed by atoms with E-state index in [9.17, 15) is 14.4 Å². The van der Waals surface area contributed by atoms with Gasteiger partial charge in [0.25, 0.3) is 5.91 Å². The van der Waals surface area contributed by atoms with Gasteiger partial charge in [-0.15, -0.1) is 24.0 Å². The van der Waals surface area contributed by atoms with Crippen LogP contribution in [0.2, 0.25) is 0 Å². The molecule has 5 rings (SSSR count). The number of likely N-dealkylation sites (tertiary alicyclic amines) is 1. The number of ether oxygens (including phenoxy) is 2. The van der Waals surface area contributed by atoms with Crippen LogP contribution in [0.1, 0.15) is 61.5 Å². The Morgan fingerprint density at radius 3 is 2.41 bits per heavy atom. The summed E-state index contributed by atoms with van der Waals surface area (Å²) in [7, 11) is 0. The summed E-state index contributed by atoms with van der Waals surface area (Å²) in [6.45, 7) is 6.77. The minimum atomic E-state index is -0.547. The van der Waals surface area contributed by atoms with Crippen LogP contribution in [0.25, 0.3) is 0 Å². The Labute approximate surface area is 278 Å². The molecule has 1 unspecified atom stereocenters. The highest BCUT2D eigenvalue weighted by Gasteiger charge is 2.40. The first-order valence-corrected chi connectivity index (χ1v) is 15.2. The number of thioether (sulfide) groups is 1. The number of nitrogens with one attached hydrogen (secondary N) is 2. The number of cyclic esters (lactones) is 1. The van der Waals surface area contributed by atoms with Gasteiger partial charge in [0.1, 0.15) is 28.5 Å². The predicted molar refractivity (Wildman–Crippen MR) is 181 cm³/mol. The van der Waals surface area contributed by atoms with Gasteiger partial charge in [0.05, 0.1) is 18.1 Å². The number of nitrogens with zero attached hydrogens (tertiary/aromatic N) is 3. The minimum Gasteiger partial charge on any atom is -0.457 e. The number of amides is 3. The maximum Gasteiger partial charge on any atom is 0.410 e. The smallest absolute Gasteiger partial charge is 0.410 e. The molecule has 1 aliphatic carbocycles. The number of halogens is 1. The first kappa shape index (κ1) is 33.4. The summed E-state index contributed by atoms with van der Waals surface area (Å²) in [6.07, 6.45) is 1.61. The fourth-order valence-corrected chi connectivity index (χ4v) is 5.66.